The van der Waals surface area contributed by atoms with Crippen LogP contribution in [0.5, 0.6) is 0 Å². The van der Waals surface area contributed by atoms with E-state index in [9.17, 15) is 14.4 Å². The van der Waals surface area contributed by atoms with E-state index < -0.39 is 6.03 Å². The maximum Gasteiger partial charge on any atom is 0.328 e. The van der Waals surface area contributed by atoms with E-state index in [0.29, 0.717) is 30.4 Å². The average molecular weight is 457 g/mol. The molecule has 1 N–H and O–H groups in total. The first-order valence-corrected chi connectivity index (χ1v) is 10.9. The lowest BCUT2D eigenvalue weighted by atomic mass is 10.0. The number of nitrogens with zero attached hydrogens (tertiary/aromatic N) is 3. The van der Waals surface area contributed by atoms with Gasteiger partial charge in [-0.05, 0) is 30.2 Å². The summed E-state index contributed by atoms with van der Waals surface area (Å²) in [6.07, 6.45) is 1.12. The highest BCUT2D eigenvalue weighted by Crippen LogP contribution is 2.37. The Balaban J connectivity index is 1.55. The molecule has 2 aromatic rings. The van der Waals surface area contributed by atoms with E-state index in [-0.39, 0.29) is 24.9 Å². The minimum Gasteiger partial charge on any atom is -0.383 e. The average Bonchev–Trinajstić information content (AvgIpc) is 2.79. The molecular weight excluding hydrogens is 432 g/mol. The standard InChI is InChI=1S/C23H25ClN4O4/c1-32-15-14-26-11-3-12-27(23(26)31)17-8-6-16(7-9-17)18-4-2-5-19(21(18)24)28-13-10-20(29)25-22(28)30/h2,4-9H,3,10-15H2,1H3,(H,25,29,30). The zero-order chi connectivity index (χ0) is 22.7. The number of amides is 5. The van der Waals surface area contributed by atoms with Crippen molar-refractivity contribution >= 4 is 40.9 Å². The third-order valence-electron chi connectivity index (χ3n) is 5.69. The van der Waals surface area contributed by atoms with Gasteiger partial charge in [-0.3, -0.25) is 19.9 Å². The van der Waals surface area contributed by atoms with Gasteiger partial charge in [0.25, 0.3) is 0 Å². The molecule has 0 aliphatic carbocycles. The number of methoxy groups -OCH3 is 1. The summed E-state index contributed by atoms with van der Waals surface area (Å²) < 4.78 is 5.11. The molecule has 2 aliphatic heterocycles. The number of nitrogens with one attached hydrogen (secondary N) is 1. The highest BCUT2D eigenvalue weighted by molar-refractivity contribution is 6.36. The summed E-state index contributed by atoms with van der Waals surface area (Å²) in [6.45, 7) is 2.76. The van der Waals surface area contributed by atoms with E-state index in [0.717, 1.165) is 29.8 Å². The summed E-state index contributed by atoms with van der Waals surface area (Å²) in [5, 5.41) is 2.75. The molecule has 4 rings (SSSR count). The molecule has 168 valence electrons. The smallest absolute Gasteiger partial charge is 0.328 e. The van der Waals surface area contributed by atoms with Crippen LogP contribution in [-0.4, -0.2) is 62.8 Å². The molecule has 5 amide bonds. The maximum atomic E-state index is 12.8. The number of carbonyl (C=O) groups is 3. The van der Waals surface area contributed by atoms with Crippen molar-refractivity contribution in [3.63, 3.8) is 0 Å². The van der Waals surface area contributed by atoms with E-state index in [1.54, 1.807) is 23.0 Å². The Morgan fingerprint density at radius 3 is 2.50 bits per heavy atom. The van der Waals surface area contributed by atoms with Crippen molar-refractivity contribution in [2.45, 2.75) is 12.8 Å². The van der Waals surface area contributed by atoms with Crippen molar-refractivity contribution in [1.82, 2.24) is 10.2 Å². The molecule has 0 unspecified atom stereocenters. The zero-order valence-corrected chi connectivity index (χ0v) is 18.6. The molecule has 0 saturated carbocycles. The van der Waals surface area contributed by atoms with Crippen LogP contribution >= 0.6 is 11.6 Å². The number of halogens is 1. The molecule has 0 radical (unpaired) electrons. The lowest BCUT2D eigenvalue weighted by Gasteiger charge is -2.35. The summed E-state index contributed by atoms with van der Waals surface area (Å²) in [7, 11) is 1.63. The fraction of sp³-hybridized carbons (Fsp3) is 0.348. The van der Waals surface area contributed by atoms with Crippen LogP contribution in [0.15, 0.2) is 42.5 Å². The first-order chi connectivity index (χ1) is 15.5. The monoisotopic (exact) mass is 456 g/mol. The minimum atomic E-state index is -0.475. The quantitative estimate of drug-likeness (QED) is 0.718. The normalized spacial score (nSPS) is 17.1. The predicted molar refractivity (Wildman–Crippen MR) is 123 cm³/mol. The Hall–Kier alpha value is -3.10. The van der Waals surface area contributed by atoms with Crippen LogP contribution in [0, 0.1) is 0 Å². The van der Waals surface area contributed by atoms with Crippen LogP contribution in [0.3, 0.4) is 0 Å². The van der Waals surface area contributed by atoms with Crippen molar-refractivity contribution in [1.29, 1.82) is 0 Å². The van der Waals surface area contributed by atoms with Gasteiger partial charge in [-0.15, -0.1) is 0 Å². The molecule has 9 heteroatoms. The number of hydrogen-bond donors (Lipinski definition) is 1. The molecule has 0 spiro atoms. The number of imide groups is 1. The van der Waals surface area contributed by atoms with Crippen LogP contribution in [0.25, 0.3) is 11.1 Å². The van der Waals surface area contributed by atoms with Crippen molar-refractivity contribution < 1.29 is 19.1 Å². The summed E-state index contributed by atoms with van der Waals surface area (Å²) in [5.41, 5.74) is 3.02. The molecule has 0 bridgehead atoms. The van der Waals surface area contributed by atoms with Gasteiger partial charge in [0.2, 0.25) is 5.91 Å². The number of rotatable bonds is 6. The van der Waals surface area contributed by atoms with E-state index in [4.69, 9.17) is 16.3 Å². The second-order valence-corrected chi connectivity index (χ2v) is 8.09. The Labute approximate surface area is 191 Å². The van der Waals surface area contributed by atoms with Crippen LogP contribution in [-0.2, 0) is 9.53 Å². The molecule has 2 fully saturated rings. The van der Waals surface area contributed by atoms with Gasteiger partial charge in [-0.2, -0.15) is 0 Å². The Morgan fingerprint density at radius 2 is 1.78 bits per heavy atom. The van der Waals surface area contributed by atoms with Gasteiger partial charge in [0.1, 0.15) is 0 Å². The minimum absolute atomic E-state index is 0.0215. The van der Waals surface area contributed by atoms with Gasteiger partial charge < -0.3 is 9.64 Å². The van der Waals surface area contributed by atoms with Gasteiger partial charge in [-0.1, -0.05) is 35.9 Å². The molecule has 0 atom stereocenters. The SMILES string of the molecule is COCCN1CCCN(c2ccc(-c3cccc(N4CCC(=O)NC4=O)c3Cl)cc2)C1=O. The molecule has 32 heavy (non-hydrogen) atoms. The van der Waals surface area contributed by atoms with Gasteiger partial charge in [0, 0.05) is 51.0 Å². The zero-order valence-electron chi connectivity index (χ0n) is 17.8. The van der Waals surface area contributed by atoms with Crippen molar-refractivity contribution in [2.24, 2.45) is 0 Å². The van der Waals surface area contributed by atoms with Crippen molar-refractivity contribution in [2.75, 3.05) is 49.7 Å². The predicted octanol–water partition coefficient (Wildman–Crippen LogP) is 3.73. The van der Waals surface area contributed by atoms with Crippen LogP contribution in [0.4, 0.5) is 21.0 Å². The van der Waals surface area contributed by atoms with Crippen molar-refractivity contribution in [3.8, 4) is 11.1 Å². The first-order valence-electron chi connectivity index (χ1n) is 10.6. The molecule has 2 aromatic carbocycles. The van der Waals surface area contributed by atoms with Gasteiger partial charge in [-0.25, -0.2) is 9.59 Å². The molecule has 2 heterocycles. The Morgan fingerprint density at radius 1 is 1.00 bits per heavy atom. The molecule has 2 saturated heterocycles. The second-order valence-electron chi connectivity index (χ2n) is 7.71. The van der Waals surface area contributed by atoms with Crippen molar-refractivity contribution in [3.05, 3.63) is 47.5 Å². The van der Waals surface area contributed by atoms with E-state index in [1.807, 2.05) is 36.4 Å². The summed E-state index contributed by atoms with van der Waals surface area (Å²) in [6, 6.07) is 12.6. The fourth-order valence-corrected chi connectivity index (χ4v) is 4.33. The van der Waals surface area contributed by atoms with Crippen LogP contribution < -0.4 is 15.1 Å². The van der Waals surface area contributed by atoms with Crippen LogP contribution in [0.1, 0.15) is 12.8 Å². The summed E-state index contributed by atoms with van der Waals surface area (Å²) in [4.78, 5) is 41.6. The molecule has 2 aliphatic rings. The Bertz CT molecular complexity index is 1030. The third kappa shape index (κ3) is 4.42. The highest BCUT2D eigenvalue weighted by Gasteiger charge is 2.28. The fourth-order valence-electron chi connectivity index (χ4n) is 4.00. The van der Waals surface area contributed by atoms with E-state index in [1.165, 1.54) is 4.90 Å². The summed E-state index contributed by atoms with van der Waals surface area (Å²) in [5.74, 6) is -0.290. The number of carbonyl (C=O) groups excluding carboxylic acids is 3. The number of hydrogen-bond acceptors (Lipinski definition) is 4. The summed E-state index contributed by atoms with van der Waals surface area (Å²) >= 11 is 6.67. The Kier molecular flexibility index (Phi) is 6.62. The maximum absolute atomic E-state index is 12.8. The topological polar surface area (TPSA) is 82.2 Å². The molecule has 0 aromatic heterocycles. The van der Waals surface area contributed by atoms with E-state index in [2.05, 4.69) is 5.32 Å². The molecular formula is C23H25ClN4O4. The van der Waals surface area contributed by atoms with E-state index >= 15 is 0 Å². The lowest BCUT2D eigenvalue weighted by molar-refractivity contribution is -0.120. The van der Waals surface area contributed by atoms with Gasteiger partial charge in [0.05, 0.1) is 17.3 Å². The first kappa shape index (κ1) is 22.1. The number of urea groups is 2. The third-order valence-corrected chi connectivity index (χ3v) is 6.09. The highest BCUT2D eigenvalue weighted by atomic mass is 35.5. The second kappa shape index (κ2) is 9.58. The lowest BCUT2D eigenvalue weighted by Crippen LogP contribution is -2.50. The number of benzene rings is 2. The largest absolute Gasteiger partial charge is 0.383 e. The van der Waals surface area contributed by atoms with Gasteiger partial charge in [0.15, 0.2) is 0 Å². The van der Waals surface area contributed by atoms with Crippen LogP contribution in [0.2, 0.25) is 5.02 Å². The number of ether oxygens (including phenoxy) is 1. The van der Waals surface area contributed by atoms with Gasteiger partial charge >= 0.3 is 12.1 Å². The number of anilines is 2. The molecule has 8 nitrogen and oxygen atoms in total.